The van der Waals surface area contributed by atoms with Crippen LogP contribution in [0.25, 0.3) is 0 Å². The topological polar surface area (TPSA) is 21.3 Å². The van der Waals surface area contributed by atoms with Gasteiger partial charge in [0.2, 0.25) is 0 Å². The van der Waals surface area contributed by atoms with Crippen molar-refractivity contribution < 1.29 is 4.74 Å². The Hall–Kier alpha value is -0.840. The summed E-state index contributed by atoms with van der Waals surface area (Å²) in [6.45, 7) is 3.23. The molecule has 1 N–H and O–H groups in total. The lowest BCUT2D eigenvalue weighted by Crippen LogP contribution is -2.23. The standard InChI is InChI=1S/C16H20BrNOS/c1-3-7-18-15(16-10-13(17)11-20-16)9-12-5-4-6-14(8-12)19-2/h4-6,8,10-11,15,18H,3,7,9H2,1-2H3. The number of hydrogen-bond donors (Lipinski definition) is 1. The van der Waals surface area contributed by atoms with E-state index in [9.17, 15) is 0 Å². The molecule has 1 unspecified atom stereocenters. The van der Waals surface area contributed by atoms with E-state index < -0.39 is 0 Å². The zero-order valence-corrected chi connectivity index (χ0v) is 14.3. The molecule has 4 heteroatoms. The molecule has 1 aromatic heterocycles. The van der Waals surface area contributed by atoms with Crippen molar-refractivity contribution in [2.75, 3.05) is 13.7 Å². The molecule has 0 aliphatic rings. The molecule has 1 aromatic carbocycles. The van der Waals surface area contributed by atoms with Gasteiger partial charge in [-0.1, -0.05) is 19.1 Å². The molecule has 1 heterocycles. The molecule has 0 amide bonds. The van der Waals surface area contributed by atoms with Crippen LogP contribution in [0, 0.1) is 0 Å². The first-order valence-electron chi connectivity index (χ1n) is 6.83. The van der Waals surface area contributed by atoms with E-state index in [1.807, 2.05) is 6.07 Å². The van der Waals surface area contributed by atoms with E-state index in [2.05, 4.69) is 57.8 Å². The third-order valence-corrected chi connectivity index (χ3v) is 4.95. The molecule has 0 saturated carbocycles. The van der Waals surface area contributed by atoms with Crippen LogP contribution in [0.2, 0.25) is 0 Å². The Balaban J connectivity index is 2.14. The highest BCUT2D eigenvalue weighted by Gasteiger charge is 2.14. The average Bonchev–Trinajstić information content (AvgIpc) is 2.90. The Kier molecular flexibility index (Phi) is 6.07. The minimum Gasteiger partial charge on any atom is -0.497 e. The quantitative estimate of drug-likeness (QED) is 0.771. The van der Waals surface area contributed by atoms with Gasteiger partial charge >= 0.3 is 0 Å². The Bertz CT molecular complexity index is 541. The average molecular weight is 354 g/mol. The second-order valence-corrected chi connectivity index (χ2v) is 6.59. The van der Waals surface area contributed by atoms with Gasteiger partial charge in [0.25, 0.3) is 0 Å². The summed E-state index contributed by atoms with van der Waals surface area (Å²) in [5.74, 6) is 0.920. The molecule has 108 valence electrons. The number of methoxy groups -OCH3 is 1. The number of halogens is 1. The summed E-state index contributed by atoms with van der Waals surface area (Å²) in [7, 11) is 1.71. The fourth-order valence-corrected chi connectivity index (χ4v) is 3.66. The molecule has 0 spiro atoms. The highest BCUT2D eigenvalue weighted by atomic mass is 79.9. The predicted octanol–water partition coefficient (Wildman–Crippen LogP) is 4.80. The van der Waals surface area contributed by atoms with E-state index in [1.54, 1.807) is 18.4 Å². The summed E-state index contributed by atoms with van der Waals surface area (Å²) in [5, 5.41) is 5.77. The number of nitrogens with one attached hydrogen (secondary N) is 1. The fourth-order valence-electron chi connectivity index (χ4n) is 2.14. The van der Waals surface area contributed by atoms with E-state index >= 15 is 0 Å². The van der Waals surface area contributed by atoms with Crippen LogP contribution in [-0.4, -0.2) is 13.7 Å². The molecule has 2 rings (SSSR count). The Morgan fingerprint density at radius 2 is 2.20 bits per heavy atom. The second kappa shape index (κ2) is 7.81. The van der Waals surface area contributed by atoms with Crippen molar-refractivity contribution in [2.45, 2.75) is 25.8 Å². The fraction of sp³-hybridized carbons (Fsp3) is 0.375. The molecule has 0 radical (unpaired) electrons. The number of hydrogen-bond acceptors (Lipinski definition) is 3. The smallest absolute Gasteiger partial charge is 0.119 e. The third-order valence-electron chi connectivity index (χ3n) is 3.15. The van der Waals surface area contributed by atoms with Crippen LogP contribution in [0.4, 0.5) is 0 Å². The van der Waals surface area contributed by atoms with E-state index in [0.29, 0.717) is 6.04 Å². The van der Waals surface area contributed by atoms with E-state index in [-0.39, 0.29) is 0 Å². The molecule has 1 atom stereocenters. The van der Waals surface area contributed by atoms with E-state index in [4.69, 9.17) is 4.74 Å². The summed E-state index contributed by atoms with van der Waals surface area (Å²) in [6, 6.07) is 10.9. The molecule has 2 nitrogen and oxygen atoms in total. The van der Waals surface area contributed by atoms with Crippen LogP contribution in [-0.2, 0) is 6.42 Å². The Labute approximate surface area is 133 Å². The summed E-state index contributed by atoms with van der Waals surface area (Å²) < 4.78 is 6.46. The lowest BCUT2D eigenvalue weighted by Gasteiger charge is -2.17. The lowest BCUT2D eigenvalue weighted by atomic mass is 10.0. The number of thiophene rings is 1. The van der Waals surface area contributed by atoms with Crippen molar-refractivity contribution in [3.63, 3.8) is 0 Å². The van der Waals surface area contributed by atoms with Gasteiger partial charge in [0.05, 0.1) is 7.11 Å². The predicted molar refractivity (Wildman–Crippen MR) is 89.8 cm³/mol. The zero-order chi connectivity index (χ0) is 14.4. The molecular formula is C16H20BrNOS. The first-order chi connectivity index (χ1) is 9.72. The molecule has 20 heavy (non-hydrogen) atoms. The summed E-state index contributed by atoms with van der Waals surface area (Å²) in [6.07, 6.45) is 2.12. The molecule has 0 aliphatic carbocycles. The van der Waals surface area contributed by atoms with Crippen molar-refractivity contribution in [1.29, 1.82) is 0 Å². The van der Waals surface area contributed by atoms with Crippen LogP contribution in [0.5, 0.6) is 5.75 Å². The SMILES string of the molecule is CCCNC(Cc1cccc(OC)c1)c1cc(Br)cs1. The van der Waals surface area contributed by atoms with Gasteiger partial charge in [0.1, 0.15) is 5.75 Å². The lowest BCUT2D eigenvalue weighted by molar-refractivity contribution is 0.414. The zero-order valence-electron chi connectivity index (χ0n) is 11.9. The maximum Gasteiger partial charge on any atom is 0.119 e. The second-order valence-electron chi connectivity index (χ2n) is 4.73. The Morgan fingerprint density at radius 3 is 2.85 bits per heavy atom. The third kappa shape index (κ3) is 4.33. The largest absolute Gasteiger partial charge is 0.497 e. The molecular weight excluding hydrogens is 334 g/mol. The van der Waals surface area contributed by atoms with E-state index in [1.165, 1.54) is 10.4 Å². The van der Waals surface area contributed by atoms with Gasteiger partial charge in [-0.2, -0.15) is 0 Å². The normalized spacial score (nSPS) is 12.3. The molecule has 0 bridgehead atoms. The van der Waals surface area contributed by atoms with Gasteiger partial charge in [0.15, 0.2) is 0 Å². The summed E-state index contributed by atoms with van der Waals surface area (Å²) in [4.78, 5) is 1.37. The number of ether oxygens (including phenoxy) is 1. The van der Waals surface area contributed by atoms with Crippen LogP contribution in [0.15, 0.2) is 40.2 Å². The molecule has 0 saturated heterocycles. The van der Waals surface area contributed by atoms with Crippen molar-refractivity contribution >= 4 is 27.3 Å². The van der Waals surface area contributed by atoms with Gasteiger partial charge in [-0.15, -0.1) is 11.3 Å². The molecule has 0 fully saturated rings. The van der Waals surface area contributed by atoms with Crippen molar-refractivity contribution in [3.05, 3.63) is 50.6 Å². The van der Waals surface area contributed by atoms with Gasteiger partial charge in [-0.25, -0.2) is 0 Å². The summed E-state index contributed by atoms with van der Waals surface area (Å²) in [5.41, 5.74) is 1.29. The minimum absolute atomic E-state index is 0.360. The number of benzene rings is 1. The van der Waals surface area contributed by atoms with Crippen LogP contribution >= 0.6 is 27.3 Å². The highest BCUT2D eigenvalue weighted by Crippen LogP contribution is 2.28. The maximum absolute atomic E-state index is 5.30. The van der Waals surface area contributed by atoms with Crippen LogP contribution in [0.1, 0.15) is 29.8 Å². The highest BCUT2D eigenvalue weighted by molar-refractivity contribution is 9.10. The van der Waals surface area contributed by atoms with E-state index in [0.717, 1.165) is 29.6 Å². The summed E-state index contributed by atoms with van der Waals surface area (Å²) >= 11 is 5.34. The molecule has 2 aromatic rings. The van der Waals surface area contributed by atoms with Crippen molar-refractivity contribution in [2.24, 2.45) is 0 Å². The van der Waals surface area contributed by atoms with Crippen LogP contribution < -0.4 is 10.1 Å². The van der Waals surface area contributed by atoms with Gasteiger partial charge < -0.3 is 10.1 Å². The first-order valence-corrected chi connectivity index (χ1v) is 8.50. The van der Waals surface area contributed by atoms with Crippen molar-refractivity contribution in [3.8, 4) is 5.75 Å². The van der Waals surface area contributed by atoms with Gasteiger partial charge in [-0.05, 0) is 59.1 Å². The monoisotopic (exact) mass is 353 g/mol. The molecule has 0 aliphatic heterocycles. The minimum atomic E-state index is 0.360. The van der Waals surface area contributed by atoms with Gasteiger partial charge in [-0.3, -0.25) is 0 Å². The number of rotatable bonds is 7. The van der Waals surface area contributed by atoms with Crippen molar-refractivity contribution in [1.82, 2.24) is 5.32 Å². The Morgan fingerprint density at radius 1 is 1.35 bits per heavy atom. The maximum atomic E-state index is 5.30. The van der Waals surface area contributed by atoms with Crippen LogP contribution in [0.3, 0.4) is 0 Å². The first kappa shape index (κ1) is 15.5. The van der Waals surface area contributed by atoms with Gasteiger partial charge in [0, 0.05) is 20.8 Å².